The maximum Gasteiger partial charge on any atom is 0.573 e. The average Bonchev–Trinajstić information content (AvgIpc) is 2.75. The molecule has 11 nitrogen and oxygen atoms in total. The minimum absolute atomic E-state index is 0.124. The van der Waals surface area contributed by atoms with Gasteiger partial charge in [-0.1, -0.05) is 28.1 Å². The highest BCUT2D eigenvalue weighted by Gasteiger charge is 2.35. The fourth-order valence-corrected chi connectivity index (χ4v) is 4.37. The van der Waals surface area contributed by atoms with Gasteiger partial charge in [0.15, 0.2) is 5.75 Å². The van der Waals surface area contributed by atoms with Crippen molar-refractivity contribution in [2.75, 3.05) is 13.2 Å². The number of halogens is 4. The standard InChI is InChI=1S/C20H22BrF3N4O7S/c21-13-4-7-17(16(11-13)35-20(22,23)24)36(31,32)28-15(18(29)30)10-12-2-5-14(6-3-12)33-8-1-9-34-27-19(25)26/h2-7,11,15,28H,1,8-10H2,(H,29,30)(H4,25,26,27)/t15-/m0/s1. The van der Waals surface area contributed by atoms with E-state index in [0.717, 1.165) is 12.1 Å². The molecule has 0 amide bonds. The zero-order chi connectivity index (χ0) is 26.9. The molecular weight excluding hydrogens is 577 g/mol. The topological polar surface area (TPSA) is 176 Å². The number of ether oxygens (including phenoxy) is 2. The fourth-order valence-electron chi connectivity index (χ4n) is 2.73. The molecule has 2 rings (SSSR count). The first-order valence-corrected chi connectivity index (χ1v) is 12.3. The Balaban J connectivity index is 2.06. The molecule has 0 aliphatic rings. The number of carboxylic acids is 1. The summed E-state index contributed by atoms with van der Waals surface area (Å²) in [7, 11) is -4.72. The van der Waals surface area contributed by atoms with Gasteiger partial charge in [-0.2, -0.15) is 4.72 Å². The zero-order valence-corrected chi connectivity index (χ0v) is 20.8. The highest BCUT2D eigenvalue weighted by atomic mass is 79.9. The van der Waals surface area contributed by atoms with Crippen molar-refractivity contribution in [3.05, 3.63) is 52.5 Å². The molecule has 0 unspecified atom stereocenters. The van der Waals surface area contributed by atoms with Gasteiger partial charge in [0.25, 0.3) is 0 Å². The zero-order valence-electron chi connectivity index (χ0n) is 18.4. The Morgan fingerprint density at radius 3 is 2.39 bits per heavy atom. The Labute approximate surface area is 212 Å². The minimum Gasteiger partial charge on any atom is -0.493 e. The van der Waals surface area contributed by atoms with Gasteiger partial charge in [0.2, 0.25) is 16.0 Å². The van der Waals surface area contributed by atoms with Gasteiger partial charge in [-0.3, -0.25) is 4.79 Å². The van der Waals surface area contributed by atoms with E-state index in [1.165, 1.54) is 18.2 Å². The molecule has 36 heavy (non-hydrogen) atoms. The van der Waals surface area contributed by atoms with Crippen LogP contribution in [0, 0.1) is 0 Å². The van der Waals surface area contributed by atoms with Gasteiger partial charge in [-0.15, -0.1) is 13.2 Å². The third-order valence-corrected chi connectivity index (χ3v) is 6.20. The van der Waals surface area contributed by atoms with E-state index in [0.29, 0.717) is 17.7 Å². The molecular formula is C20H22BrF3N4O7S. The van der Waals surface area contributed by atoms with Gasteiger partial charge in [0.1, 0.15) is 23.3 Å². The Morgan fingerprint density at radius 1 is 1.14 bits per heavy atom. The highest BCUT2D eigenvalue weighted by molar-refractivity contribution is 9.10. The molecule has 6 N–H and O–H groups in total. The predicted molar refractivity (Wildman–Crippen MR) is 125 cm³/mol. The van der Waals surface area contributed by atoms with Crippen LogP contribution in [0.25, 0.3) is 0 Å². The van der Waals surface area contributed by atoms with Gasteiger partial charge in [-0.25, -0.2) is 8.42 Å². The van der Waals surface area contributed by atoms with Gasteiger partial charge >= 0.3 is 12.3 Å². The van der Waals surface area contributed by atoms with Crippen LogP contribution in [0.4, 0.5) is 13.2 Å². The van der Waals surface area contributed by atoms with Crippen molar-refractivity contribution in [1.29, 1.82) is 0 Å². The van der Waals surface area contributed by atoms with E-state index >= 15 is 0 Å². The van der Waals surface area contributed by atoms with E-state index in [9.17, 15) is 31.5 Å². The molecule has 0 saturated carbocycles. The van der Waals surface area contributed by atoms with Crippen LogP contribution in [-0.4, -0.2) is 51.1 Å². The molecule has 0 heterocycles. The van der Waals surface area contributed by atoms with Crippen molar-refractivity contribution in [3.63, 3.8) is 0 Å². The summed E-state index contributed by atoms with van der Waals surface area (Å²) in [5, 5.41) is 12.9. The Kier molecular flexibility index (Phi) is 10.2. The Bertz CT molecular complexity index is 1170. The second kappa shape index (κ2) is 12.6. The van der Waals surface area contributed by atoms with Gasteiger partial charge in [0, 0.05) is 10.9 Å². The van der Waals surface area contributed by atoms with Crippen molar-refractivity contribution in [2.45, 2.75) is 30.1 Å². The summed E-state index contributed by atoms with van der Waals surface area (Å²) in [5.41, 5.74) is 10.6. The van der Waals surface area contributed by atoms with Crippen LogP contribution >= 0.6 is 15.9 Å². The Hall–Kier alpha value is -3.24. The van der Waals surface area contributed by atoms with Crippen LogP contribution < -0.4 is 25.7 Å². The summed E-state index contributed by atoms with van der Waals surface area (Å²) in [6.45, 7) is 0.483. The first-order valence-electron chi connectivity index (χ1n) is 10.00. The van der Waals surface area contributed by atoms with Crippen LogP contribution in [0.1, 0.15) is 12.0 Å². The summed E-state index contributed by atoms with van der Waals surface area (Å²) in [6.07, 6.45) is -4.99. The van der Waals surface area contributed by atoms with Crippen LogP contribution in [0.15, 0.2) is 57.0 Å². The lowest BCUT2D eigenvalue weighted by molar-refractivity contribution is -0.275. The fraction of sp³-hybridized carbons (Fsp3) is 0.300. The number of benzene rings is 2. The molecule has 198 valence electrons. The molecule has 2 aromatic carbocycles. The van der Waals surface area contributed by atoms with E-state index in [1.807, 2.05) is 4.72 Å². The maximum absolute atomic E-state index is 12.8. The number of nitrogens with one attached hydrogen (secondary N) is 1. The van der Waals surface area contributed by atoms with Crippen LogP contribution in [0.2, 0.25) is 0 Å². The van der Waals surface area contributed by atoms with E-state index in [4.69, 9.17) is 21.0 Å². The van der Waals surface area contributed by atoms with Crippen molar-refractivity contribution >= 4 is 37.9 Å². The summed E-state index contributed by atoms with van der Waals surface area (Å²) < 4.78 is 75.0. The summed E-state index contributed by atoms with van der Waals surface area (Å²) in [6, 6.07) is 7.30. The average molecular weight is 599 g/mol. The maximum atomic E-state index is 12.8. The molecule has 0 aliphatic carbocycles. The van der Waals surface area contributed by atoms with Gasteiger partial charge < -0.3 is 30.9 Å². The van der Waals surface area contributed by atoms with Crippen molar-refractivity contribution < 1.29 is 45.8 Å². The number of aliphatic carboxylic acids is 1. The molecule has 16 heteroatoms. The number of nitrogens with two attached hydrogens (primary N) is 2. The lowest BCUT2D eigenvalue weighted by Crippen LogP contribution is -2.42. The van der Waals surface area contributed by atoms with Crippen LogP contribution in [0.5, 0.6) is 11.5 Å². The van der Waals surface area contributed by atoms with E-state index in [-0.39, 0.29) is 30.1 Å². The largest absolute Gasteiger partial charge is 0.573 e. The van der Waals surface area contributed by atoms with Crippen LogP contribution in [0.3, 0.4) is 0 Å². The molecule has 0 bridgehead atoms. The number of oxime groups is 1. The van der Waals surface area contributed by atoms with Gasteiger partial charge in [0.05, 0.1) is 6.61 Å². The normalized spacial score (nSPS) is 12.4. The number of guanidine groups is 1. The quantitative estimate of drug-likeness (QED) is 0.117. The molecule has 0 radical (unpaired) electrons. The second-order valence-corrected chi connectivity index (χ2v) is 9.65. The van der Waals surface area contributed by atoms with Crippen molar-refractivity contribution in [1.82, 2.24) is 4.72 Å². The molecule has 2 aromatic rings. The number of hydrogen-bond donors (Lipinski definition) is 4. The van der Waals surface area contributed by atoms with E-state index in [2.05, 4.69) is 25.8 Å². The molecule has 0 saturated heterocycles. The first-order chi connectivity index (χ1) is 16.8. The smallest absolute Gasteiger partial charge is 0.493 e. The molecule has 0 spiro atoms. The van der Waals surface area contributed by atoms with Gasteiger partial charge in [-0.05, 0) is 47.5 Å². The second-order valence-electron chi connectivity index (χ2n) is 7.05. The molecule has 0 aromatic heterocycles. The lowest BCUT2D eigenvalue weighted by atomic mass is 10.1. The summed E-state index contributed by atoms with van der Waals surface area (Å²) in [5.74, 6) is -2.30. The van der Waals surface area contributed by atoms with Crippen molar-refractivity contribution in [2.24, 2.45) is 16.6 Å². The first kappa shape index (κ1) is 29.0. The third kappa shape index (κ3) is 9.79. The number of carbonyl (C=O) groups is 1. The minimum atomic E-state index is -5.17. The van der Waals surface area contributed by atoms with E-state index < -0.39 is 39.0 Å². The van der Waals surface area contributed by atoms with Crippen molar-refractivity contribution in [3.8, 4) is 11.5 Å². The monoisotopic (exact) mass is 598 g/mol. The van der Waals surface area contributed by atoms with Crippen LogP contribution in [-0.2, 0) is 26.1 Å². The number of rotatable bonds is 13. The predicted octanol–water partition coefficient (Wildman–Crippen LogP) is 2.30. The molecule has 1 atom stereocenters. The highest BCUT2D eigenvalue weighted by Crippen LogP contribution is 2.32. The molecule has 0 aliphatic heterocycles. The number of alkyl halides is 3. The number of hydrogen-bond acceptors (Lipinski definition) is 7. The third-order valence-electron chi connectivity index (χ3n) is 4.20. The molecule has 0 fully saturated rings. The number of sulfonamides is 1. The lowest BCUT2D eigenvalue weighted by Gasteiger charge is -2.18. The Morgan fingerprint density at radius 2 is 1.81 bits per heavy atom. The number of nitrogens with zero attached hydrogens (tertiary/aromatic N) is 1. The SMILES string of the molecule is NC(N)=NOCCCOc1ccc(C[C@H](NS(=O)(=O)c2ccc(Br)cc2OC(F)(F)F)C(=O)O)cc1. The summed E-state index contributed by atoms with van der Waals surface area (Å²) >= 11 is 2.94. The van der Waals surface area contributed by atoms with E-state index in [1.54, 1.807) is 12.1 Å². The number of carboxylic acid groups (broad SMARTS) is 1. The summed E-state index contributed by atoms with van der Waals surface area (Å²) in [4.78, 5) is 15.6.